The summed E-state index contributed by atoms with van der Waals surface area (Å²) in [5, 5.41) is 18.4. The molecule has 216 valence electrons. The van der Waals surface area contributed by atoms with Crippen molar-refractivity contribution in [3.8, 4) is 35.1 Å². The zero-order valence-electron chi connectivity index (χ0n) is 24.2. The van der Waals surface area contributed by atoms with Crippen molar-refractivity contribution in [2.24, 2.45) is 5.41 Å². The quantitative estimate of drug-likeness (QED) is 0.233. The number of hydrogen-bond acceptors (Lipinski definition) is 8. The molecule has 8 heteroatoms. The number of rotatable bonds is 8. The van der Waals surface area contributed by atoms with Gasteiger partial charge in [0.15, 0.2) is 13.5 Å². The minimum Gasteiger partial charge on any atom is -0.493 e. The number of anilines is 2. The van der Waals surface area contributed by atoms with Crippen LogP contribution in [0, 0.1) is 28.1 Å². The molecule has 4 aromatic rings. The lowest BCUT2D eigenvalue weighted by molar-refractivity contribution is 0.110. The van der Waals surface area contributed by atoms with Gasteiger partial charge in [-0.25, -0.2) is 0 Å². The minimum atomic E-state index is -0.219. The number of benzene rings is 4. The van der Waals surface area contributed by atoms with Gasteiger partial charge in [0, 0.05) is 41.0 Å². The Morgan fingerprint density at radius 1 is 0.651 bits per heavy atom. The van der Waals surface area contributed by atoms with E-state index in [2.05, 4.69) is 35.8 Å². The fraction of sp³-hybridized carbons (Fsp3) is 0.257. The molecular weight excluding hydrogens is 540 g/mol. The zero-order chi connectivity index (χ0) is 29.8. The van der Waals surface area contributed by atoms with Gasteiger partial charge in [0.2, 0.25) is 0 Å². The van der Waals surface area contributed by atoms with Gasteiger partial charge in [-0.05, 0) is 84.9 Å². The topological polar surface area (TPSA) is 91.0 Å². The molecule has 8 nitrogen and oxygen atoms in total. The maximum absolute atomic E-state index is 9.21. The predicted molar refractivity (Wildman–Crippen MR) is 163 cm³/mol. The third kappa shape index (κ3) is 6.45. The Morgan fingerprint density at radius 2 is 1.07 bits per heavy atom. The van der Waals surface area contributed by atoms with Crippen molar-refractivity contribution in [2.75, 3.05) is 36.5 Å². The molecule has 2 aliphatic rings. The minimum absolute atomic E-state index is 0.219. The molecule has 2 aliphatic heterocycles. The summed E-state index contributed by atoms with van der Waals surface area (Å²) < 4.78 is 24.0. The molecule has 0 aromatic heterocycles. The molecule has 0 fully saturated rings. The predicted octanol–water partition coefficient (Wildman–Crippen LogP) is 6.63. The van der Waals surface area contributed by atoms with Gasteiger partial charge < -0.3 is 28.7 Å². The third-order valence-electron chi connectivity index (χ3n) is 7.52. The number of fused-ring (bicyclic) bond motifs is 2. The van der Waals surface area contributed by atoms with E-state index in [1.807, 2.05) is 72.8 Å². The molecule has 0 saturated carbocycles. The molecule has 0 radical (unpaired) electrons. The highest BCUT2D eigenvalue weighted by Crippen LogP contribution is 2.32. The molecule has 0 unspecified atom stereocenters. The van der Waals surface area contributed by atoms with Crippen LogP contribution in [-0.4, -0.2) is 26.7 Å². The first-order valence-corrected chi connectivity index (χ1v) is 14.2. The average molecular weight is 573 g/mol. The Balaban J connectivity index is 0.988. The van der Waals surface area contributed by atoms with E-state index in [0.717, 1.165) is 45.5 Å². The van der Waals surface area contributed by atoms with Crippen LogP contribution in [0.25, 0.3) is 0 Å². The van der Waals surface area contributed by atoms with E-state index >= 15 is 0 Å². The van der Waals surface area contributed by atoms with Crippen LogP contribution < -0.4 is 28.7 Å². The molecule has 0 saturated heterocycles. The Bertz CT molecular complexity index is 1560. The average Bonchev–Trinajstić information content (AvgIpc) is 3.06. The van der Waals surface area contributed by atoms with Crippen LogP contribution in [-0.2, 0) is 13.1 Å². The first kappa shape index (κ1) is 27.8. The SMILES string of the molecule is CC(C)(COc1ccc(N2COc3ccc(C#N)cc3C2)cc1)COc1ccc(N2COc3ccc(C#N)cc3C2)cc1. The van der Waals surface area contributed by atoms with Crippen LogP contribution in [0.3, 0.4) is 0 Å². The molecule has 0 N–H and O–H groups in total. The van der Waals surface area contributed by atoms with Crippen molar-refractivity contribution in [3.63, 3.8) is 0 Å². The van der Waals surface area contributed by atoms with Crippen molar-refractivity contribution in [1.82, 2.24) is 0 Å². The number of ether oxygens (including phenoxy) is 4. The highest BCUT2D eigenvalue weighted by atomic mass is 16.5. The summed E-state index contributed by atoms with van der Waals surface area (Å²) in [6, 6.07) is 31.4. The molecule has 2 heterocycles. The maximum Gasteiger partial charge on any atom is 0.161 e. The van der Waals surface area contributed by atoms with Crippen molar-refractivity contribution in [2.45, 2.75) is 26.9 Å². The van der Waals surface area contributed by atoms with Gasteiger partial charge in [0.1, 0.15) is 23.0 Å². The molecule has 0 atom stereocenters. The van der Waals surface area contributed by atoms with Crippen LogP contribution in [0.5, 0.6) is 23.0 Å². The second-order valence-electron chi connectivity index (χ2n) is 11.5. The normalized spacial score (nSPS) is 13.9. The second-order valence-corrected chi connectivity index (χ2v) is 11.5. The third-order valence-corrected chi connectivity index (χ3v) is 7.52. The Morgan fingerprint density at radius 3 is 1.47 bits per heavy atom. The Labute approximate surface area is 251 Å². The van der Waals surface area contributed by atoms with Gasteiger partial charge >= 0.3 is 0 Å². The highest BCUT2D eigenvalue weighted by Gasteiger charge is 2.22. The van der Waals surface area contributed by atoms with Crippen LogP contribution in [0.15, 0.2) is 84.9 Å². The van der Waals surface area contributed by atoms with Gasteiger partial charge in [0.05, 0.1) is 36.5 Å². The Kier molecular flexibility index (Phi) is 7.68. The first-order chi connectivity index (χ1) is 20.9. The van der Waals surface area contributed by atoms with Gasteiger partial charge in [-0.2, -0.15) is 10.5 Å². The largest absolute Gasteiger partial charge is 0.493 e. The molecule has 4 aromatic carbocycles. The van der Waals surface area contributed by atoms with Crippen LogP contribution in [0.4, 0.5) is 11.4 Å². The lowest BCUT2D eigenvalue weighted by atomic mass is 9.96. The maximum atomic E-state index is 9.21. The lowest BCUT2D eigenvalue weighted by Crippen LogP contribution is -2.32. The molecule has 0 aliphatic carbocycles. The van der Waals surface area contributed by atoms with E-state index in [1.165, 1.54) is 0 Å². The van der Waals surface area contributed by atoms with Crippen molar-refractivity contribution in [1.29, 1.82) is 10.5 Å². The van der Waals surface area contributed by atoms with Crippen molar-refractivity contribution < 1.29 is 18.9 Å². The second kappa shape index (κ2) is 11.9. The van der Waals surface area contributed by atoms with Gasteiger partial charge in [-0.1, -0.05) is 13.8 Å². The van der Waals surface area contributed by atoms with E-state index in [1.54, 1.807) is 12.1 Å². The summed E-state index contributed by atoms with van der Waals surface area (Å²) in [5.41, 5.74) is 5.10. The summed E-state index contributed by atoms with van der Waals surface area (Å²) >= 11 is 0. The number of nitrogens with zero attached hydrogens (tertiary/aromatic N) is 4. The van der Waals surface area contributed by atoms with Crippen molar-refractivity contribution >= 4 is 11.4 Å². The van der Waals surface area contributed by atoms with E-state index in [9.17, 15) is 10.5 Å². The standard InChI is InChI=1S/C35H32N4O4/c1-35(2,21-40-31-9-5-29(6-10-31)38-19-27-15-25(17-36)3-13-33(27)42-23-38)22-41-32-11-7-30(8-12-32)39-20-28-16-26(18-37)4-14-34(28)43-24-39/h3-16H,19-24H2,1-2H3. The highest BCUT2D eigenvalue weighted by molar-refractivity contribution is 5.54. The molecular formula is C35H32N4O4. The summed E-state index contributed by atoms with van der Waals surface area (Å²) in [7, 11) is 0. The van der Waals surface area contributed by atoms with Crippen molar-refractivity contribution in [3.05, 3.63) is 107 Å². The smallest absolute Gasteiger partial charge is 0.161 e. The fourth-order valence-corrected chi connectivity index (χ4v) is 5.06. The number of nitriles is 2. The van der Waals surface area contributed by atoms with Crippen LogP contribution in [0.1, 0.15) is 36.1 Å². The summed E-state index contributed by atoms with van der Waals surface area (Å²) in [6.07, 6.45) is 0. The van der Waals surface area contributed by atoms with E-state index in [0.29, 0.717) is 50.9 Å². The monoisotopic (exact) mass is 572 g/mol. The Hall–Kier alpha value is -5.34. The van der Waals surface area contributed by atoms with E-state index in [4.69, 9.17) is 18.9 Å². The van der Waals surface area contributed by atoms with Crippen LogP contribution in [0.2, 0.25) is 0 Å². The fourth-order valence-electron chi connectivity index (χ4n) is 5.06. The molecule has 0 spiro atoms. The van der Waals surface area contributed by atoms with Gasteiger partial charge in [0.25, 0.3) is 0 Å². The summed E-state index contributed by atoms with van der Waals surface area (Å²) in [5.74, 6) is 3.24. The zero-order valence-corrected chi connectivity index (χ0v) is 24.2. The summed E-state index contributed by atoms with van der Waals surface area (Å²) in [6.45, 7) is 7.49. The molecule has 0 bridgehead atoms. The lowest BCUT2D eigenvalue weighted by Gasteiger charge is -2.31. The number of hydrogen-bond donors (Lipinski definition) is 0. The van der Waals surface area contributed by atoms with Crippen LogP contribution >= 0.6 is 0 Å². The van der Waals surface area contributed by atoms with Gasteiger partial charge in [-0.3, -0.25) is 0 Å². The molecule has 0 amide bonds. The molecule has 6 rings (SSSR count). The van der Waals surface area contributed by atoms with Gasteiger partial charge in [-0.15, -0.1) is 0 Å². The van der Waals surface area contributed by atoms with E-state index in [-0.39, 0.29) is 5.41 Å². The summed E-state index contributed by atoms with van der Waals surface area (Å²) in [4.78, 5) is 4.25. The van der Waals surface area contributed by atoms with E-state index < -0.39 is 0 Å². The first-order valence-electron chi connectivity index (χ1n) is 14.2. The molecule has 43 heavy (non-hydrogen) atoms.